The van der Waals surface area contributed by atoms with Crippen LogP contribution in [0.2, 0.25) is 10.2 Å². The number of carbonyl (C=O) groups is 2. The third-order valence-electron chi connectivity index (χ3n) is 3.22. The highest BCUT2D eigenvalue weighted by Crippen LogP contribution is 2.30. The standard InChI is InChI=1S/C12H14Cl2N2O4/c1-12(20-4-9(17)18)5-16(6-12)11(19)8-3-7(13)10(14)15(8)2/h3H,4-6H2,1-2H3,(H,17,18). The van der Waals surface area contributed by atoms with Crippen LogP contribution in [0.5, 0.6) is 0 Å². The van der Waals surface area contributed by atoms with Crippen molar-refractivity contribution in [3.8, 4) is 0 Å². The summed E-state index contributed by atoms with van der Waals surface area (Å²) in [4.78, 5) is 24.3. The minimum Gasteiger partial charge on any atom is -0.480 e. The van der Waals surface area contributed by atoms with Gasteiger partial charge in [0.05, 0.1) is 18.1 Å². The molecular weight excluding hydrogens is 307 g/mol. The number of carboxylic acid groups (broad SMARTS) is 1. The molecule has 0 atom stereocenters. The van der Waals surface area contributed by atoms with Crippen molar-refractivity contribution in [3.63, 3.8) is 0 Å². The van der Waals surface area contributed by atoms with Crippen LogP contribution in [0.3, 0.4) is 0 Å². The summed E-state index contributed by atoms with van der Waals surface area (Å²) >= 11 is 11.8. The Morgan fingerprint density at radius 2 is 2.05 bits per heavy atom. The van der Waals surface area contributed by atoms with E-state index < -0.39 is 11.6 Å². The SMILES string of the molecule is Cn1c(C(=O)N2CC(C)(OCC(=O)O)C2)cc(Cl)c1Cl. The number of carbonyl (C=O) groups excluding carboxylic acids is 1. The van der Waals surface area contributed by atoms with Gasteiger partial charge in [-0.05, 0) is 13.0 Å². The molecule has 1 aromatic rings. The molecule has 0 aromatic carbocycles. The normalized spacial score (nSPS) is 16.9. The number of aliphatic carboxylic acids is 1. The van der Waals surface area contributed by atoms with Gasteiger partial charge in [0.25, 0.3) is 5.91 Å². The van der Waals surface area contributed by atoms with Gasteiger partial charge in [0, 0.05) is 7.05 Å². The molecule has 110 valence electrons. The van der Waals surface area contributed by atoms with Crippen molar-refractivity contribution >= 4 is 35.1 Å². The number of halogens is 2. The number of rotatable bonds is 4. The van der Waals surface area contributed by atoms with E-state index in [0.29, 0.717) is 29.0 Å². The third kappa shape index (κ3) is 2.77. The Morgan fingerprint density at radius 1 is 1.45 bits per heavy atom. The van der Waals surface area contributed by atoms with Crippen LogP contribution in [-0.2, 0) is 16.6 Å². The Morgan fingerprint density at radius 3 is 2.50 bits per heavy atom. The van der Waals surface area contributed by atoms with Crippen LogP contribution < -0.4 is 0 Å². The molecule has 0 spiro atoms. The molecule has 0 bridgehead atoms. The molecule has 1 N–H and O–H groups in total. The largest absolute Gasteiger partial charge is 0.480 e. The van der Waals surface area contributed by atoms with Gasteiger partial charge in [-0.15, -0.1) is 0 Å². The van der Waals surface area contributed by atoms with E-state index in [4.69, 9.17) is 33.0 Å². The van der Waals surface area contributed by atoms with Crippen molar-refractivity contribution < 1.29 is 19.4 Å². The van der Waals surface area contributed by atoms with Crippen LogP contribution in [0.25, 0.3) is 0 Å². The second-order valence-electron chi connectivity index (χ2n) is 5.02. The van der Waals surface area contributed by atoms with Crippen LogP contribution in [0, 0.1) is 0 Å². The topological polar surface area (TPSA) is 71.8 Å². The van der Waals surface area contributed by atoms with Gasteiger partial charge in [-0.25, -0.2) is 4.79 Å². The Kier molecular flexibility index (Phi) is 4.00. The molecule has 8 heteroatoms. The van der Waals surface area contributed by atoms with E-state index in [1.54, 1.807) is 18.9 Å². The molecule has 0 radical (unpaired) electrons. The van der Waals surface area contributed by atoms with Gasteiger partial charge in [0.1, 0.15) is 23.1 Å². The molecular formula is C12H14Cl2N2O4. The zero-order valence-corrected chi connectivity index (χ0v) is 12.5. The lowest BCUT2D eigenvalue weighted by molar-refractivity contribution is -0.160. The predicted molar refractivity (Wildman–Crippen MR) is 73.3 cm³/mol. The summed E-state index contributed by atoms with van der Waals surface area (Å²) < 4.78 is 6.76. The zero-order valence-electron chi connectivity index (χ0n) is 11.0. The molecule has 1 fully saturated rings. The highest BCUT2D eigenvalue weighted by atomic mass is 35.5. The number of nitrogens with zero attached hydrogens (tertiary/aromatic N) is 2. The highest BCUT2D eigenvalue weighted by Gasteiger charge is 2.43. The van der Waals surface area contributed by atoms with E-state index in [2.05, 4.69) is 0 Å². The first-order valence-electron chi connectivity index (χ1n) is 5.89. The average molecular weight is 321 g/mol. The number of amides is 1. The van der Waals surface area contributed by atoms with Gasteiger partial charge in [0.15, 0.2) is 0 Å². The molecule has 1 saturated heterocycles. The Hall–Kier alpha value is -1.24. The Bertz CT molecular complexity index is 564. The van der Waals surface area contributed by atoms with E-state index >= 15 is 0 Å². The van der Waals surface area contributed by atoms with Crippen molar-refractivity contribution in [2.24, 2.45) is 7.05 Å². The summed E-state index contributed by atoms with van der Waals surface area (Å²) in [7, 11) is 1.65. The van der Waals surface area contributed by atoms with Gasteiger partial charge in [-0.1, -0.05) is 23.2 Å². The smallest absolute Gasteiger partial charge is 0.329 e. The molecule has 20 heavy (non-hydrogen) atoms. The second-order valence-corrected chi connectivity index (χ2v) is 5.79. The summed E-state index contributed by atoms with van der Waals surface area (Å²) in [6, 6.07) is 1.51. The minimum absolute atomic E-state index is 0.210. The second kappa shape index (κ2) is 5.27. The van der Waals surface area contributed by atoms with Gasteiger partial charge >= 0.3 is 5.97 Å². The third-order valence-corrected chi connectivity index (χ3v) is 4.06. The Balaban J connectivity index is 2.00. The lowest BCUT2D eigenvalue weighted by Crippen LogP contribution is -2.63. The maximum absolute atomic E-state index is 12.3. The lowest BCUT2D eigenvalue weighted by Gasteiger charge is -2.47. The van der Waals surface area contributed by atoms with Gasteiger partial charge in [-0.2, -0.15) is 0 Å². The number of hydrogen-bond acceptors (Lipinski definition) is 3. The summed E-state index contributed by atoms with van der Waals surface area (Å²) in [6.07, 6.45) is 0. The first kappa shape index (κ1) is 15.2. The number of carboxylic acids is 1. The van der Waals surface area contributed by atoms with E-state index in [1.807, 2.05) is 0 Å². The van der Waals surface area contributed by atoms with Crippen LogP contribution in [0.1, 0.15) is 17.4 Å². The van der Waals surface area contributed by atoms with Crippen molar-refractivity contribution in [2.45, 2.75) is 12.5 Å². The molecule has 0 unspecified atom stereocenters. The van der Waals surface area contributed by atoms with E-state index in [9.17, 15) is 9.59 Å². The maximum atomic E-state index is 12.3. The number of ether oxygens (including phenoxy) is 1. The van der Waals surface area contributed by atoms with Gasteiger partial charge < -0.3 is 19.3 Å². The van der Waals surface area contributed by atoms with Crippen molar-refractivity contribution in [3.05, 3.63) is 21.9 Å². The molecule has 1 aliphatic rings. The van der Waals surface area contributed by atoms with Crippen molar-refractivity contribution in [1.82, 2.24) is 9.47 Å². The fraction of sp³-hybridized carbons (Fsp3) is 0.500. The van der Waals surface area contributed by atoms with Crippen LogP contribution >= 0.6 is 23.2 Å². The first-order valence-corrected chi connectivity index (χ1v) is 6.65. The molecule has 1 aliphatic heterocycles. The van der Waals surface area contributed by atoms with Gasteiger partial charge in [-0.3, -0.25) is 4.79 Å². The van der Waals surface area contributed by atoms with E-state index in [-0.39, 0.29) is 12.5 Å². The molecule has 0 aliphatic carbocycles. The molecule has 2 rings (SSSR count). The molecule has 0 saturated carbocycles. The Labute approximate surface area is 125 Å². The quantitative estimate of drug-likeness (QED) is 0.915. The van der Waals surface area contributed by atoms with Gasteiger partial charge in [0.2, 0.25) is 0 Å². The predicted octanol–water partition coefficient (Wildman–Crippen LogP) is 1.65. The zero-order chi connectivity index (χ0) is 15.1. The summed E-state index contributed by atoms with van der Waals surface area (Å²) in [5.74, 6) is -1.24. The van der Waals surface area contributed by atoms with Crippen molar-refractivity contribution in [1.29, 1.82) is 0 Å². The first-order chi connectivity index (χ1) is 9.23. The number of likely N-dealkylation sites (tertiary alicyclic amines) is 1. The van der Waals surface area contributed by atoms with Crippen LogP contribution in [-0.4, -0.2) is 51.7 Å². The molecule has 1 aromatic heterocycles. The number of hydrogen-bond donors (Lipinski definition) is 1. The van der Waals surface area contributed by atoms with Crippen LogP contribution in [0.4, 0.5) is 0 Å². The fourth-order valence-corrected chi connectivity index (χ4v) is 2.52. The number of aromatic nitrogens is 1. The minimum atomic E-state index is -1.03. The lowest BCUT2D eigenvalue weighted by atomic mass is 9.96. The average Bonchev–Trinajstić information content (AvgIpc) is 2.60. The van der Waals surface area contributed by atoms with E-state index in [1.165, 1.54) is 10.6 Å². The summed E-state index contributed by atoms with van der Waals surface area (Å²) in [6.45, 7) is 2.06. The molecule has 1 amide bonds. The fourth-order valence-electron chi connectivity index (χ4n) is 2.14. The molecule has 6 nitrogen and oxygen atoms in total. The summed E-state index contributed by atoms with van der Waals surface area (Å²) in [5.41, 5.74) is -0.229. The monoisotopic (exact) mass is 320 g/mol. The van der Waals surface area contributed by atoms with Crippen LogP contribution in [0.15, 0.2) is 6.07 Å². The van der Waals surface area contributed by atoms with E-state index in [0.717, 1.165) is 0 Å². The molecule has 2 heterocycles. The summed E-state index contributed by atoms with van der Waals surface area (Å²) in [5, 5.41) is 9.21. The highest BCUT2D eigenvalue weighted by molar-refractivity contribution is 6.41. The maximum Gasteiger partial charge on any atom is 0.329 e. The van der Waals surface area contributed by atoms with Crippen molar-refractivity contribution in [2.75, 3.05) is 19.7 Å².